The molecular weight excluding hydrogens is 344 g/mol. The number of carbonyl (C=O) groups is 1. The molecule has 0 spiro atoms. The van der Waals surface area contributed by atoms with Gasteiger partial charge in [0, 0.05) is 30.2 Å². The zero-order valence-corrected chi connectivity index (χ0v) is 14.3. The highest BCUT2D eigenvalue weighted by Crippen LogP contribution is 2.19. The van der Waals surface area contributed by atoms with Gasteiger partial charge in [-0.25, -0.2) is 0 Å². The summed E-state index contributed by atoms with van der Waals surface area (Å²) in [6, 6.07) is 20.6. The third-order valence-electron chi connectivity index (χ3n) is 3.92. The Kier molecular flexibility index (Phi) is 4.74. The maximum Gasteiger partial charge on any atom is 0.273 e. The number of carbonyl (C=O) groups excluding carboxylic acids is 1. The van der Waals surface area contributed by atoms with E-state index in [-0.39, 0.29) is 11.6 Å². The van der Waals surface area contributed by atoms with Crippen molar-refractivity contribution >= 4 is 5.91 Å². The Morgan fingerprint density at radius 1 is 0.889 bits per heavy atom. The third-order valence-corrected chi connectivity index (χ3v) is 3.92. The van der Waals surface area contributed by atoms with Gasteiger partial charge in [-0.3, -0.25) is 4.79 Å². The van der Waals surface area contributed by atoms with Crippen molar-refractivity contribution in [2.24, 2.45) is 0 Å². The molecule has 2 heterocycles. The van der Waals surface area contributed by atoms with Crippen molar-refractivity contribution in [1.29, 1.82) is 0 Å². The minimum absolute atomic E-state index is 0.229. The Morgan fingerprint density at radius 3 is 2.33 bits per heavy atom. The van der Waals surface area contributed by atoms with Crippen LogP contribution in [0.2, 0.25) is 0 Å². The van der Waals surface area contributed by atoms with Crippen molar-refractivity contribution in [3.8, 4) is 22.8 Å². The van der Waals surface area contributed by atoms with E-state index < -0.39 is 0 Å². The lowest BCUT2D eigenvalue weighted by Gasteiger charge is -1.99. The van der Waals surface area contributed by atoms with E-state index in [1.165, 1.54) is 0 Å². The second-order valence-electron chi connectivity index (χ2n) is 5.83. The first-order chi connectivity index (χ1) is 13.3. The molecule has 0 atom stereocenters. The molecule has 0 saturated heterocycles. The Hall–Kier alpha value is -3.74. The highest BCUT2D eigenvalue weighted by molar-refractivity contribution is 5.93. The Labute approximate surface area is 155 Å². The Balaban J connectivity index is 1.33. The van der Waals surface area contributed by atoms with Gasteiger partial charge in [0.15, 0.2) is 17.3 Å². The monoisotopic (exact) mass is 360 g/mol. The molecule has 0 aliphatic rings. The maximum atomic E-state index is 12.2. The summed E-state index contributed by atoms with van der Waals surface area (Å²) in [5.41, 5.74) is 1.95. The number of nitrogens with one attached hydrogen (secondary N) is 1. The standard InChI is InChI=1S/C20H16N4O3/c25-19(16-13-17(26-23-16)14-7-3-1-4-8-14)21-12-11-18-22-20(27-24-18)15-9-5-2-6-10-15/h1-10,13H,11-12H2,(H,21,25). The molecule has 27 heavy (non-hydrogen) atoms. The summed E-state index contributed by atoms with van der Waals surface area (Å²) in [4.78, 5) is 16.5. The van der Waals surface area contributed by atoms with Crippen LogP contribution in [0, 0.1) is 0 Å². The summed E-state index contributed by atoms with van der Waals surface area (Å²) < 4.78 is 10.5. The molecule has 1 N–H and O–H groups in total. The third kappa shape index (κ3) is 3.92. The molecular formula is C20H16N4O3. The summed E-state index contributed by atoms with van der Waals surface area (Å²) >= 11 is 0. The molecule has 0 aliphatic carbocycles. The van der Waals surface area contributed by atoms with Gasteiger partial charge in [0.1, 0.15) is 0 Å². The van der Waals surface area contributed by atoms with Gasteiger partial charge in [-0.1, -0.05) is 58.8 Å². The number of hydrogen-bond acceptors (Lipinski definition) is 6. The van der Waals surface area contributed by atoms with Crippen molar-refractivity contribution in [3.63, 3.8) is 0 Å². The van der Waals surface area contributed by atoms with Crippen molar-refractivity contribution < 1.29 is 13.8 Å². The van der Waals surface area contributed by atoms with Crippen LogP contribution in [0.25, 0.3) is 22.8 Å². The number of nitrogens with zero attached hydrogens (tertiary/aromatic N) is 3. The summed E-state index contributed by atoms with van der Waals surface area (Å²) in [5, 5.41) is 10.5. The van der Waals surface area contributed by atoms with Gasteiger partial charge >= 0.3 is 0 Å². The average Bonchev–Trinajstić information content (AvgIpc) is 3.39. The number of hydrogen-bond donors (Lipinski definition) is 1. The SMILES string of the molecule is O=C(NCCc1noc(-c2ccccc2)n1)c1cc(-c2ccccc2)on1. The molecule has 4 rings (SSSR count). The molecule has 7 heteroatoms. The lowest BCUT2D eigenvalue weighted by molar-refractivity contribution is 0.0945. The fraction of sp³-hybridized carbons (Fsp3) is 0.100. The summed E-state index contributed by atoms with van der Waals surface area (Å²) in [6.45, 7) is 0.361. The van der Waals surface area contributed by atoms with Crippen LogP contribution in [0.5, 0.6) is 0 Å². The van der Waals surface area contributed by atoms with Crippen LogP contribution in [-0.4, -0.2) is 27.7 Å². The van der Waals surface area contributed by atoms with Gasteiger partial charge in [-0.2, -0.15) is 4.98 Å². The van der Waals surface area contributed by atoms with Crippen LogP contribution in [0.4, 0.5) is 0 Å². The molecule has 0 radical (unpaired) electrons. The van der Waals surface area contributed by atoms with E-state index >= 15 is 0 Å². The van der Waals surface area contributed by atoms with Crippen LogP contribution >= 0.6 is 0 Å². The predicted molar refractivity (Wildman–Crippen MR) is 97.7 cm³/mol. The van der Waals surface area contributed by atoms with E-state index in [4.69, 9.17) is 9.05 Å². The van der Waals surface area contributed by atoms with E-state index in [1.807, 2.05) is 60.7 Å². The van der Waals surface area contributed by atoms with Crippen LogP contribution in [-0.2, 0) is 6.42 Å². The normalized spacial score (nSPS) is 10.7. The van der Waals surface area contributed by atoms with Crippen molar-refractivity contribution in [3.05, 3.63) is 78.2 Å². The van der Waals surface area contributed by atoms with Gasteiger partial charge < -0.3 is 14.4 Å². The summed E-state index contributed by atoms with van der Waals surface area (Å²) in [7, 11) is 0. The Bertz CT molecular complexity index is 1030. The number of amides is 1. The van der Waals surface area contributed by atoms with Crippen LogP contribution in [0.15, 0.2) is 75.8 Å². The lowest BCUT2D eigenvalue weighted by atomic mass is 10.1. The molecule has 2 aromatic heterocycles. The quantitative estimate of drug-likeness (QED) is 0.567. The predicted octanol–water partition coefficient (Wildman–Crippen LogP) is 3.36. The molecule has 4 aromatic rings. The number of benzene rings is 2. The fourth-order valence-electron chi connectivity index (χ4n) is 2.55. The number of aromatic nitrogens is 3. The molecule has 7 nitrogen and oxygen atoms in total. The molecule has 0 bridgehead atoms. The zero-order chi connectivity index (χ0) is 18.5. The van der Waals surface area contributed by atoms with Gasteiger partial charge in [0.2, 0.25) is 0 Å². The molecule has 2 aromatic carbocycles. The second kappa shape index (κ2) is 7.65. The van der Waals surface area contributed by atoms with E-state index in [0.717, 1.165) is 11.1 Å². The molecule has 0 fully saturated rings. The minimum atomic E-state index is -0.312. The zero-order valence-electron chi connectivity index (χ0n) is 14.3. The van der Waals surface area contributed by atoms with E-state index in [1.54, 1.807) is 6.07 Å². The van der Waals surface area contributed by atoms with Gasteiger partial charge in [-0.05, 0) is 12.1 Å². The molecule has 0 unspecified atom stereocenters. The van der Waals surface area contributed by atoms with Crippen LogP contribution in [0.3, 0.4) is 0 Å². The topological polar surface area (TPSA) is 94.1 Å². The summed E-state index contributed by atoms with van der Waals surface area (Å²) in [5.74, 6) is 1.22. The van der Waals surface area contributed by atoms with E-state index in [0.29, 0.717) is 30.4 Å². The first kappa shape index (κ1) is 16.7. The molecule has 0 saturated carbocycles. The van der Waals surface area contributed by atoms with Crippen LogP contribution < -0.4 is 5.32 Å². The fourth-order valence-corrected chi connectivity index (χ4v) is 2.55. The minimum Gasteiger partial charge on any atom is -0.355 e. The molecule has 0 aliphatic heterocycles. The summed E-state index contributed by atoms with van der Waals surface area (Å²) in [6.07, 6.45) is 0.450. The largest absolute Gasteiger partial charge is 0.355 e. The average molecular weight is 360 g/mol. The van der Waals surface area contributed by atoms with Crippen molar-refractivity contribution in [2.45, 2.75) is 6.42 Å². The van der Waals surface area contributed by atoms with Gasteiger partial charge in [0.05, 0.1) is 0 Å². The highest BCUT2D eigenvalue weighted by Gasteiger charge is 2.14. The molecule has 1 amide bonds. The van der Waals surface area contributed by atoms with E-state index in [2.05, 4.69) is 20.6 Å². The van der Waals surface area contributed by atoms with Crippen LogP contribution in [0.1, 0.15) is 16.3 Å². The maximum absolute atomic E-state index is 12.2. The van der Waals surface area contributed by atoms with Crippen molar-refractivity contribution in [1.82, 2.24) is 20.6 Å². The van der Waals surface area contributed by atoms with Crippen molar-refractivity contribution in [2.75, 3.05) is 6.54 Å². The second-order valence-corrected chi connectivity index (χ2v) is 5.83. The Morgan fingerprint density at radius 2 is 1.59 bits per heavy atom. The van der Waals surface area contributed by atoms with Gasteiger partial charge in [0.25, 0.3) is 11.8 Å². The first-order valence-corrected chi connectivity index (χ1v) is 8.48. The molecule has 134 valence electrons. The smallest absolute Gasteiger partial charge is 0.273 e. The van der Waals surface area contributed by atoms with E-state index in [9.17, 15) is 4.79 Å². The number of rotatable bonds is 6. The highest BCUT2D eigenvalue weighted by atomic mass is 16.5. The lowest BCUT2D eigenvalue weighted by Crippen LogP contribution is -2.26. The van der Waals surface area contributed by atoms with Gasteiger partial charge in [-0.15, -0.1) is 0 Å². The first-order valence-electron chi connectivity index (χ1n) is 8.48.